The maximum Gasteiger partial charge on any atom is 0.228 e. The Hall–Kier alpha value is -1.43. The summed E-state index contributed by atoms with van der Waals surface area (Å²) in [6.07, 6.45) is 1.49. The fraction of sp³-hybridized carbons (Fsp3) is 0.500. The Morgan fingerprint density at radius 1 is 1.14 bits per heavy atom. The Balaban J connectivity index is 0.00000392. The quantitative estimate of drug-likeness (QED) is 0.202. The topological polar surface area (TPSA) is 93.8 Å². The van der Waals surface area contributed by atoms with Gasteiger partial charge in [0.25, 0.3) is 0 Å². The Bertz CT molecular complexity index is 697. The van der Waals surface area contributed by atoms with Crippen LogP contribution in [0.1, 0.15) is 12.3 Å². The molecular weight excluding hydrogens is 497 g/mol. The third-order valence-electron chi connectivity index (χ3n) is 3.62. The van der Waals surface area contributed by atoms with Crippen molar-refractivity contribution in [1.29, 1.82) is 0 Å². The second-order valence-corrected chi connectivity index (χ2v) is 6.09. The molecule has 8 nitrogen and oxygen atoms in total. The third kappa shape index (κ3) is 9.18. The minimum absolute atomic E-state index is 0. The normalized spacial score (nSPS) is 11.2. The SMILES string of the molecule is CN=C(NCCCOCCOC)NCCc1nc(-c2ccc(Cl)cc2)no1.I. The van der Waals surface area contributed by atoms with Crippen LogP contribution in [0.15, 0.2) is 33.8 Å². The summed E-state index contributed by atoms with van der Waals surface area (Å²) in [5, 5.41) is 11.1. The van der Waals surface area contributed by atoms with Gasteiger partial charge in [0.2, 0.25) is 11.7 Å². The molecule has 1 aromatic heterocycles. The Kier molecular flexibility index (Phi) is 12.8. The lowest BCUT2D eigenvalue weighted by atomic mass is 10.2. The van der Waals surface area contributed by atoms with E-state index < -0.39 is 0 Å². The summed E-state index contributed by atoms with van der Waals surface area (Å²) in [6, 6.07) is 7.32. The minimum atomic E-state index is 0. The monoisotopic (exact) mass is 523 g/mol. The van der Waals surface area contributed by atoms with E-state index in [1.165, 1.54) is 0 Å². The molecule has 2 N–H and O–H groups in total. The zero-order valence-electron chi connectivity index (χ0n) is 16.1. The number of nitrogens with zero attached hydrogens (tertiary/aromatic N) is 3. The van der Waals surface area contributed by atoms with Gasteiger partial charge in [0.05, 0.1) is 13.2 Å². The molecule has 10 heteroatoms. The molecule has 0 fully saturated rings. The van der Waals surface area contributed by atoms with Gasteiger partial charge in [-0.1, -0.05) is 16.8 Å². The van der Waals surface area contributed by atoms with Crippen molar-refractivity contribution in [3.05, 3.63) is 35.2 Å². The number of aromatic nitrogens is 2. The molecule has 1 aromatic carbocycles. The first-order chi connectivity index (χ1) is 13.2. The van der Waals surface area contributed by atoms with E-state index in [1.807, 2.05) is 12.1 Å². The fourth-order valence-electron chi connectivity index (χ4n) is 2.21. The van der Waals surface area contributed by atoms with Crippen molar-refractivity contribution in [3.8, 4) is 11.4 Å². The summed E-state index contributed by atoms with van der Waals surface area (Å²) < 4.78 is 15.6. The zero-order chi connectivity index (χ0) is 19.3. The van der Waals surface area contributed by atoms with Crippen LogP contribution in [0.3, 0.4) is 0 Å². The number of benzene rings is 1. The van der Waals surface area contributed by atoms with Crippen molar-refractivity contribution >= 4 is 41.5 Å². The highest BCUT2D eigenvalue weighted by Crippen LogP contribution is 2.18. The van der Waals surface area contributed by atoms with Gasteiger partial charge in [-0.2, -0.15) is 4.98 Å². The van der Waals surface area contributed by atoms with Crippen LogP contribution in [0, 0.1) is 0 Å². The van der Waals surface area contributed by atoms with E-state index in [4.69, 9.17) is 25.6 Å². The summed E-state index contributed by atoms with van der Waals surface area (Å²) in [7, 11) is 3.39. The lowest BCUT2D eigenvalue weighted by Crippen LogP contribution is -2.39. The standard InChI is InChI=1S/C18H26ClN5O3.HI/c1-20-18(21-9-3-11-26-13-12-25-2)22-10-8-16-23-17(24-27-16)14-4-6-15(19)7-5-14;/h4-7H,3,8-13H2,1-2H3,(H2,20,21,22);1H. The average molecular weight is 524 g/mol. The first-order valence-electron chi connectivity index (χ1n) is 8.82. The van der Waals surface area contributed by atoms with Crippen LogP contribution in [-0.2, 0) is 15.9 Å². The molecule has 0 radical (unpaired) electrons. The van der Waals surface area contributed by atoms with Gasteiger partial charge in [0.15, 0.2) is 5.96 Å². The molecular formula is C18H27ClIN5O3. The van der Waals surface area contributed by atoms with Crippen molar-refractivity contribution in [2.24, 2.45) is 4.99 Å². The van der Waals surface area contributed by atoms with Gasteiger partial charge in [-0.15, -0.1) is 24.0 Å². The third-order valence-corrected chi connectivity index (χ3v) is 3.87. The summed E-state index contributed by atoms with van der Waals surface area (Å²) in [5.74, 6) is 1.84. The number of aliphatic imine (C=N–C) groups is 1. The smallest absolute Gasteiger partial charge is 0.228 e. The highest BCUT2D eigenvalue weighted by Gasteiger charge is 2.08. The Labute approximate surface area is 187 Å². The number of hydrogen-bond acceptors (Lipinski definition) is 6. The van der Waals surface area contributed by atoms with E-state index in [-0.39, 0.29) is 24.0 Å². The first-order valence-corrected chi connectivity index (χ1v) is 9.20. The van der Waals surface area contributed by atoms with Crippen LogP contribution >= 0.6 is 35.6 Å². The van der Waals surface area contributed by atoms with Crippen LogP contribution in [-0.4, -0.2) is 63.2 Å². The second-order valence-electron chi connectivity index (χ2n) is 5.65. The number of nitrogens with one attached hydrogen (secondary N) is 2. The van der Waals surface area contributed by atoms with Gasteiger partial charge in [0.1, 0.15) is 0 Å². The van der Waals surface area contributed by atoms with Crippen LogP contribution in [0.4, 0.5) is 0 Å². The minimum Gasteiger partial charge on any atom is -0.382 e. The first kappa shape index (κ1) is 24.6. The van der Waals surface area contributed by atoms with Gasteiger partial charge < -0.3 is 24.6 Å². The van der Waals surface area contributed by atoms with E-state index in [1.54, 1.807) is 26.3 Å². The largest absolute Gasteiger partial charge is 0.382 e. The molecule has 0 aliphatic rings. The number of hydrogen-bond donors (Lipinski definition) is 2. The molecule has 0 spiro atoms. The van der Waals surface area contributed by atoms with Crippen molar-refractivity contribution < 1.29 is 14.0 Å². The van der Waals surface area contributed by atoms with Gasteiger partial charge >= 0.3 is 0 Å². The van der Waals surface area contributed by atoms with E-state index in [9.17, 15) is 0 Å². The van der Waals surface area contributed by atoms with Gasteiger partial charge in [0, 0.05) is 50.9 Å². The highest BCUT2D eigenvalue weighted by molar-refractivity contribution is 14.0. The van der Waals surface area contributed by atoms with Crippen LogP contribution in [0.5, 0.6) is 0 Å². The molecule has 0 bridgehead atoms. The Morgan fingerprint density at radius 3 is 2.61 bits per heavy atom. The molecule has 156 valence electrons. The summed E-state index contributed by atoms with van der Waals surface area (Å²) in [6.45, 7) is 3.32. The summed E-state index contributed by atoms with van der Waals surface area (Å²) in [4.78, 5) is 8.58. The molecule has 0 unspecified atom stereocenters. The predicted molar refractivity (Wildman–Crippen MR) is 121 cm³/mol. The van der Waals surface area contributed by atoms with Gasteiger partial charge in [-0.3, -0.25) is 4.99 Å². The van der Waals surface area contributed by atoms with Crippen LogP contribution < -0.4 is 10.6 Å². The van der Waals surface area contributed by atoms with Crippen molar-refractivity contribution in [2.45, 2.75) is 12.8 Å². The number of methoxy groups -OCH3 is 1. The molecule has 0 atom stereocenters. The van der Waals surface area contributed by atoms with E-state index >= 15 is 0 Å². The zero-order valence-corrected chi connectivity index (χ0v) is 19.2. The highest BCUT2D eigenvalue weighted by atomic mass is 127. The fourth-order valence-corrected chi connectivity index (χ4v) is 2.33. The van der Waals surface area contributed by atoms with Crippen molar-refractivity contribution in [1.82, 2.24) is 20.8 Å². The Morgan fingerprint density at radius 2 is 1.89 bits per heavy atom. The molecule has 2 aromatic rings. The number of guanidine groups is 1. The van der Waals surface area contributed by atoms with E-state index in [0.717, 1.165) is 24.5 Å². The van der Waals surface area contributed by atoms with Crippen molar-refractivity contribution in [3.63, 3.8) is 0 Å². The number of rotatable bonds is 11. The molecule has 0 saturated carbocycles. The molecule has 0 aliphatic carbocycles. The van der Waals surface area contributed by atoms with Crippen LogP contribution in [0.25, 0.3) is 11.4 Å². The lowest BCUT2D eigenvalue weighted by molar-refractivity contribution is 0.0698. The molecule has 28 heavy (non-hydrogen) atoms. The van der Waals surface area contributed by atoms with Crippen molar-refractivity contribution in [2.75, 3.05) is 47.1 Å². The van der Waals surface area contributed by atoms with Crippen LogP contribution in [0.2, 0.25) is 5.02 Å². The summed E-state index contributed by atoms with van der Waals surface area (Å²) in [5.41, 5.74) is 0.868. The van der Waals surface area contributed by atoms with Gasteiger partial charge in [-0.25, -0.2) is 0 Å². The van der Waals surface area contributed by atoms with E-state index in [0.29, 0.717) is 49.5 Å². The average Bonchev–Trinajstić information content (AvgIpc) is 3.15. The van der Waals surface area contributed by atoms with Gasteiger partial charge in [-0.05, 0) is 30.7 Å². The number of ether oxygens (including phenoxy) is 2. The molecule has 1 heterocycles. The maximum atomic E-state index is 5.89. The van der Waals surface area contributed by atoms with E-state index in [2.05, 4.69) is 25.8 Å². The lowest BCUT2D eigenvalue weighted by Gasteiger charge is -2.11. The number of halogens is 2. The second kappa shape index (κ2) is 14.6. The maximum absolute atomic E-state index is 5.89. The molecule has 0 aliphatic heterocycles. The summed E-state index contributed by atoms with van der Waals surface area (Å²) >= 11 is 5.89. The molecule has 0 amide bonds. The predicted octanol–water partition coefficient (Wildman–Crippen LogP) is 2.77. The molecule has 0 saturated heterocycles. The molecule has 2 rings (SSSR count).